The first-order valence-corrected chi connectivity index (χ1v) is 7.76. The predicted molar refractivity (Wildman–Crippen MR) is 77.5 cm³/mol. The molecule has 1 aromatic rings. The van der Waals surface area contributed by atoms with Gasteiger partial charge in [-0.1, -0.05) is 47.0 Å². The fourth-order valence-electron chi connectivity index (χ4n) is 2.96. The molecule has 0 heterocycles. The molecule has 1 N–H and O–H groups in total. The number of rotatable bonds is 3. The highest BCUT2D eigenvalue weighted by Crippen LogP contribution is 2.38. The molecule has 1 aromatic carbocycles. The standard InChI is InChI=1S/C15H19BrF3N/c1-10(11-6-2-4-8-13(11)16)20-14-9-5-3-7-12(14)15(17,18)19/h2,4,6,8,10,12,14,20H,3,5,7,9H2,1H3. The minimum absolute atomic E-state index is 0.0986. The zero-order valence-electron chi connectivity index (χ0n) is 11.4. The molecule has 1 saturated carbocycles. The first kappa shape index (κ1) is 15.8. The summed E-state index contributed by atoms with van der Waals surface area (Å²) in [6, 6.07) is 7.08. The largest absolute Gasteiger partial charge is 0.393 e. The number of alkyl halides is 3. The second-order valence-corrected chi connectivity index (χ2v) is 6.30. The molecule has 1 fully saturated rings. The summed E-state index contributed by atoms with van der Waals surface area (Å²) in [7, 11) is 0. The topological polar surface area (TPSA) is 12.0 Å². The first-order chi connectivity index (χ1) is 9.39. The van der Waals surface area contributed by atoms with Crippen LogP contribution in [0, 0.1) is 5.92 Å². The minimum Gasteiger partial charge on any atom is -0.307 e. The van der Waals surface area contributed by atoms with Crippen LogP contribution in [-0.4, -0.2) is 12.2 Å². The summed E-state index contributed by atoms with van der Waals surface area (Å²) in [6.07, 6.45) is -1.73. The van der Waals surface area contributed by atoms with E-state index in [0.29, 0.717) is 12.8 Å². The van der Waals surface area contributed by atoms with E-state index >= 15 is 0 Å². The molecule has 0 radical (unpaired) electrons. The molecule has 20 heavy (non-hydrogen) atoms. The van der Waals surface area contributed by atoms with E-state index in [9.17, 15) is 13.2 Å². The Labute approximate surface area is 126 Å². The van der Waals surface area contributed by atoms with Crippen molar-refractivity contribution in [3.63, 3.8) is 0 Å². The van der Waals surface area contributed by atoms with Gasteiger partial charge in [0.25, 0.3) is 0 Å². The summed E-state index contributed by atoms with van der Waals surface area (Å²) in [5, 5.41) is 3.18. The van der Waals surface area contributed by atoms with Gasteiger partial charge in [-0.15, -0.1) is 0 Å². The van der Waals surface area contributed by atoms with Crippen molar-refractivity contribution in [2.75, 3.05) is 0 Å². The van der Waals surface area contributed by atoms with Crippen LogP contribution in [0.2, 0.25) is 0 Å². The number of halogens is 4. The molecule has 0 amide bonds. The van der Waals surface area contributed by atoms with Crippen LogP contribution in [0.5, 0.6) is 0 Å². The molecule has 0 spiro atoms. The van der Waals surface area contributed by atoms with Crippen molar-refractivity contribution < 1.29 is 13.2 Å². The molecule has 1 nitrogen and oxygen atoms in total. The average Bonchev–Trinajstić information content (AvgIpc) is 2.38. The second-order valence-electron chi connectivity index (χ2n) is 5.45. The highest BCUT2D eigenvalue weighted by Gasteiger charge is 2.45. The van der Waals surface area contributed by atoms with Gasteiger partial charge < -0.3 is 5.32 Å². The minimum atomic E-state index is -4.11. The van der Waals surface area contributed by atoms with Gasteiger partial charge in [0.2, 0.25) is 0 Å². The third-order valence-electron chi connectivity index (χ3n) is 4.02. The Bertz CT molecular complexity index is 447. The van der Waals surface area contributed by atoms with Crippen LogP contribution >= 0.6 is 15.9 Å². The normalized spacial score (nSPS) is 25.4. The van der Waals surface area contributed by atoms with E-state index in [1.165, 1.54) is 0 Å². The molecule has 0 aliphatic heterocycles. The van der Waals surface area contributed by atoms with E-state index in [1.54, 1.807) is 0 Å². The predicted octanol–water partition coefficient (Wildman–Crippen LogP) is 5.22. The lowest BCUT2D eigenvalue weighted by atomic mass is 9.83. The van der Waals surface area contributed by atoms with E-state index in [2.05, 4.69) is 21.2 Å². The maximum Gasteiger partial charge on any atom is 0.393 e. The van der Waals surface area contributed by atoms with Gasteiger partial charge in [0.15, 0.2) is 0 Å². The molecule has 0 saturated heterocycles. The van der Waals surface area contributed by atoms with Crippen molar-refractivity contribution in [2.45, 2.75) is 50.9 Å². The lowest BCUT2D eigenvalue weighted by molar-refractivity contribution is -0.189. The highest BCUT2D eigenvalue weighted by atomic mass is 79.9. The van der Waals surface area contributed by atoms with E-state index < -0.39 is 18.1 Å². The summed E-state index contributed by atoms with van der Waals surface area (Å²) < 4.78 is 40.2. The van der Waals surface area contributed by atoms with E-state index in [4.69, 9.17) is 0 Å². The van der Waals surface area contributed by atoms with Crippen LogP contribution in [0.15, 0.2) is 28.7 Å². The summed E-state index contributed by atoms with van der Waals surface area (Å²) in [5.41, 5.74) is 0.999. The van der Waals surface area contributed by atoms with E-state index in [1.807, 2.05) is 31.2 Å². The first-order valence-electron chi connectivity index (χ1n) is 6.97. The lowest BCUT2D eigenvalue weighted by Gasteiger charge is -2.35. The molecule has 1 aliphatic rings. The zero-order chi connectivity index (χ0) is 14.8. The van der Waals surface area contributed by atoms with Gasteiger partial charge in [0.1, 0.15) is 0 Å². The van der Waals surface area contributed by atoms with Crippen LogP contribution in [0.25, 0.3) is 0 Å². The van der Waals surface area contributed by atoms with Gasteiger partial charge in [-0.05, 0) is 31.4 Å². The molecule has 3 atom stereocenters. The van der Waals surface area contributed by atoms with Crippen LogP contribution < -0.4 is 5.32 Å². The molecule has 2 rings (SSSR count). The second kappa shape index (κ2) is 6.48. The molecular weight excluding hydrogens is 331 g/mol. The quantitative estimate of drug-likeness (QED) is 0.788. The van der Waals surface area contributed by atoms with Crippen molar-refractivity contribution in [3.05, 3.63) is 34.3 Å². The zero-order valence-corrected chi connectivity index (χ0v) is 13.0. The van der Waals surface area contributed by atoms with Gasteiger partial charge in [-0.2, -0.15) is 13.2 Å². The molecule has 112 valence electrons. The Morgan fingerprint density at radius 1 is 1.20 bits per heavy atom. The molecule has 3 unspecified atom stereocenters. The van der Waals surface area contributed by atoms with E-state index in [-0.39, 0.29) is 12.5 Å². The van der Waals surface area contributed by atoms with Gasteiger partial charge in [0, 0.05) is 16.6 Å². The summed E-state index contributed by atoms with van der Waals surface area (Å²) in [4.78, 5) is 0. The molecule has 1 aliphatic carbocycles. The maximum atomic E-state index is 13.1. The van der Waals surface area contributed by atoms with Crippen LogP contribution in [0.4, 0.5) is 13.2 Å². The Morgan fingerprint density at radius 3 is 2.50 bits per heavy atom. The fraction of sp³-hybridized carbons (Fsp3) is 0.600. The summed E-state index contributed by atoms with van der Waals surface area (Å²) in [5.74, 6) is -1.22. The highest BCUT2D eigenvalue weighted by molar-refractivity contribution is 9.10. The molecule has 0 aromatic heterocycles. The fourth-order valence-corrected chi connectivity index (χ4v) is 3.59. The van der Waals surface area contributed by atoms with Crippen LogP contribution in [0.1, 0.15) is 44.2 Å². The van der Waals surface area contributed by atoms with E-state index in [0.717, 1.165) is 16.5 Å². The Kier molecular flexibility index (Phi) is 5.13. The number of nitrogens with one attached hydrogen (secondary N) is 1. The third kappa shape index (κ3) is 3.76. The van der Waals surface area contributed by atoms with Crippen molar-refractivity contribution in [1.29, 1.82) is 0 Å². The van der Waals surface area contributed by atoms with Gasteiger partial charge >= 0.3 is 6.18 Å². The molecular formula is C15H19BrF3N. The van der Waals surface area contributed by atoms with Crippen molar-refractivity contribution in [2.24, 2.45) is 5.92 Å². The SMILES string of the molecule is CC(NC1CCCCC1C(F)(F)F)c1ccccc1Br. The molecule has 5 heteroatoms. The van der Waals surface area contributed by atoms with Crippen LogP contribution in [-0.2, 0) is 0 Å². The third-order valence-corrected chi connectivity index (χ3v) is 4.74. The number of hydrogen-bond donors (Lipinski definition) is 1. The Hall–Kier alpha value is -0.550. The number of hydrogen-bond acceptors (Lipinski definition) is 1. The maximum absolute atomic E-state index is 13.1. The number of benzene rings is 1. The van der Waals surface area contributed by atoms with Gasteiger partial charge in [0.05, 0.1) is 5.92 Å². The smallest absolute Gasteiger partial charge is 0.307 e. The Morgan fingerprint density at radius 2 is 1.85 bits per heavy atom. The van der Waals surface area contributed by atoms with Crippen LogP contribution in [0.3, 0.4) is 0 Å². The summed E-state index contributed by atoms with van der Waals surface area (Å²) in [6.45, 7) is 1.92. The van der Waals surface area contributed by atoms with Crippen molar-refractivity contribution >= 4 is 15.9 Å². The van der Waals surface area contributed by atoms with Gasteiger partial charge in [-0.25, -0.2) is 0 Å². The summed E-state index contributed by atoms with van der Waals surface area (Å²) >= 11 is 3.45. The lowest BCUT2D eigenvalue weighted by Crippen LogP contribution is -2.46. The van der Waals surface area contributed by atoms with Crippen molar-refractivity contribution in [3.8, 4) is 0 Å². The van der Waals surface area contributed by atoms with Crippen molar-refractivity contribution in [1.82, 2.24) is 5.32 Å². The monoisotopic (exact) mass is 349 g/mol. The molecule has 0 bridgehead atoms. The van der Waals surface area contributed by atoms with Gasteiger partial charge in [-0.3, -0.25) is 0 Å². The Balaban J connectivity index is 2.09. The average molecular weight is 350 g/mol.